The van der Waals surface area contributed by atoms with Gasteiger partial charge in [-0.25, -0.2) is 4.98 Å². The summed E-state index contributed by atoms with van der Waals surface area (Å²) in [6, 6.07) is 8.06. The number of nitrogens with zero attached hydrogens (tertiary/aromatic N) is 3. The predicted molar refractivity (Wildman–Crippen MR) is 89.7 cm³/mol. The molecule has 0 radical (unpaired) electrons. The van der Waals surface area contributed by atoms with E-state index < -0.39 is 0 Å². The number of hydrogen-bond acceptors (Lipinski definition) is 3. The third kappa shape index (κ3) is 4.25. The Morgan fingerprint density at radius 3 is 2.81 bits per heavy atom. The quantitative estimate of drug-likeness (QED) is 0.385. The van der Waals surface area contributed by atoms with Crippen molar-refractivity contribution in [2.75, 3.05) is 6.54 Å². The van der Waals surface area contributed by atoms with Gasteiger partial charge in [-0.15, -0.1) is 6.58 Å². The van der Waals surface area contributed by atoms with Gasteiger partial charge in [0.2, 0.25) is 0 Å². The first-order valence-electron chi connectivity index (χ1n) is 6.48. The molecule has 0 unspecified atom stereocenters. The monoisotopic (exact) mass is 299 g/mol. The largest absolute Gasteiger partial charge is 0.358 e. The highest BCUT2D eigenvalue weighted by Crippen LogP contribution is 2.09. The molecule has 21 heavy (non-hydrogen) atoms. The molecule has 0 aliphatic carbocycles. The van der Waals surface area contributed by atoms with Crippen LogP contribution in [0.3, 0.4) is 0 Å². The highest BCUT2D eigenvalue weighted by Gasteiger charge is 2.00. The number of aromatic nitrogens is 2. The number of rotatable bonds is 5. The molecule has 0 saturated carbocycles. The van der Waals surface area contributed by atoms with Gasteiger partial charge in [0.15, 0.2) is 5.11 Å². The van der Waals surface area contributed by atoms with Gasteiger partial charge in [0.05, 0.1) is 12.0 Å². The molecule has 1 aromatic heterocycles. The van der Waals surface area contributed by atoms with Crippen LogP contribution in [0.2, 0.25) is 0 Å². The average molecular weight is 299 g/mol. The minimum Gasteiger partial charge on any atom is -0.358 e. The smallest absolute Gasteiger partial charge is 0.187 e. The maximum atomic E-state index is 5.08. The topological polar surface area (TPSA) is 54.2 Å². The molecule has 0 aliphatic heterocycles. The minimum atomic E-state index is 0.476. The SMILES string of the molecule is C=CCNC(=S)N/N=C(\C)c1ccc(-n2ccnc2)cc1. The van der Waals surface area contributed by atoms with Crippen molar-refractivity contribution >= 4 is 23.0 Å². The predicted octanol–water partition coefficient (Wildman–Crippen LogP) is 2.25. The van der Waals surface area contributed by atoms with E-state index in [9.17, 15) is 0 Å². The van der Waals surface area contributed by atoms with E-state index >= 15 is 0 Å². The van der Waals surface area contributed by atoms with E-state index in [0.717, 1.165) is 17.0 Å². The summed E-state index contributed by atoms with van der Waals surface area (Å²) in [6.07, 6.45) is 7.16. The van der Waals surface area contributed by atoms with Crippen LogP contribution in [-0.4, -0.2) is 26.9 Å². The Morgan fingerprint density at radius 2 is 2.19 bits per heavy atom. The lowest BCUT2D eigenvalue weighted by molar-refractivity contribution is 0.936. The molecule has 6 heteroatoms. The summed E-state index contributed by atoms with van der Waals surface area (Å²) in [5, 5.41) is 7.68. The number of nitrogens with one attached hydrogen (secondary N) is 2. The Kier molecular flexibility index (Phi) is 5.22. The second-order valence-electron chi connectivity index (χ2n) is 4.32. The zero-order valence-corrected chi connectivity index (χ0v) is 12.6. The molecule has 0 saturated heterocycles. The van der Waals surface area contributed by atoms with Gasteiger partial charge in [-0.05, 0) is 36.8 Å². The van der Waals surface area contributed by atoms with E-state index in [4.69, 9.17) is 12.2 Å². The summed E-state index contributed by atoms with van der Waals surface area (Å²) in [6.45, 7) is 6.15. The Morgan fingerprint density at radius 1 is 1.43 bits per heavy atom. The molecule has 5 nitrogen and oxygen atoms in total. The van der Waals surface area contributed by atoms with Gasteiger partial charge in [-0.1, -0.05) is 18.2 Å². The summed E-state index contributed by atoms with van der Waals surface area (Å²) >= 11 is 5.08. The van der Waals surface area contributed by atoms with Crippen molar-refractivity contribution in [3.05, 3.63) is 61.2 Å². The van der Waals surface area contributed by atoms with Crippen molar-refractivity contribution in [1.82, 2.24) is 20.3 Å². The number of hydrazone groups is 1. The third-order valence-corrected chi connectivity index (χ3v) is 3.06. The molecular formula is C15H17N5S. The van der Waals surface area contributed by atoms with Crippen LogP contribution >= 0.6 is 12.2 Å². The van der Waals surface area contributed by atoms with Crippen molar-refractivity contribution < 1.29 is 0 Å². The Balaban J connectivity index is 2.01. The highest BCUT2D eigenvalue weighted by atomic mass is 32.1. The van der Waals surface area contributed by atoms with Gasteiger partial charge in [0, 0.05) is 24.6 Å². The van der Waals surface area contributed by atoms with Gasteiger partial charge in [0.1, 0.15) is 0 Å². The molecule has 0 bridgehead atoms. The van der Waals surface area contributed by atoms with Crippen LogP contribution in [0.15, 0.2) is 60.7 Å². The summed E-state index contributed by atoms with van der Waals surface area (Å²) in [4.78, 5) is 4.03. The summed E-state index contributed by atoms with van der Waals surface area (Å²) in [5.74, 6) is 0. The first kappa shape index (κ1) is 14.9. The van der Waals surface area contributed by atoms with Crippen molar-refractivity contribution in [3.63, 3.8) is 0 Å². The molecule has 2 N–H and O–H groups in total. The van der Waals surface area contributed by atoms with Crippen LogP contribution in [0, 0.1) is 0 Å². The summed E-state index contributed by atoms with van der Waals surface area (Å²) in [7, 11) is 0. The van der Waals surface area contributed by atoms with Crippen LogP contribution < -0.4 is 10.7 Å². The molecule has 2 rings (SSSR count). The standard InChI is InChI=1S/C15H17N5S/c1-3-8-17-15(21)19-18-12(2)13-4-6-14(7-5-13)20-10-9-16-11-20/h3-7,9-11H,1,8H2,2H3,(H2,17,19,21)/b18-12+. The lowest BCUT2D eigenvalue weighted by atomic mass is 10.1. The minimum absolute atomic E-state index is 0.476. The highest BCUT2D eigenvalue weighted by molar-refractivity contribution is 7.80. The first-order valence-corrected chi connectivity index (χ1v) is 6.89. The molecule has 0 atom stereocenters. The maximum Gasteiger partial charge on any atom is 0.187 e. The molecule has 1 heterocycles. The van der Waals surface area contributed by atoms with Crippen molar-refractivity contribution in [2.45, 2.75) is 6.92 Å². The molecule has 2 aromatic rings. The molecular weight excluding hydrogens is 282 g/mol. The van der Waals surface area contributed by atoms with Crippen LogP contribution in [0.4, 0.5) is 0 Å². The van der Waals surface area contributed by atoms with Gasteiger partial charge >= 0.3 is 0 Å². The Labute approximate surface area is 129 Å². The molecule has 1 aromatic carbocycles. The summed E-state index contributed by atoms with van der Waals surface area (Å²) < 4.78 is 1.95. The van der Waals surface area contributed by atoms with Gasteiger partial charge in [0.25, 0.3) is 0 Å². The van der Waals surface area contributed by atoms with Crippen LogP contribution in [0.5, 0.6) is 0 Å². The van der Waals surface area contributed by atoms with Crippen LogP contribution in [-0.2, 0) is 0 Å². The molecule has 108 valence electrons. The Bertz CT molecular complexity index is 629. The van der Waals surface area contributed by atoms with Crippen molar-refractivity contribution in [3.8, 4) is 5.69 Å². The fourth-order valence-electron chi connectivity index (χ4n) is 1.69. The number of benzene rings is 1. The maximum absolute atomic E-state index is 5.08. The van der Waals surface area contributed by atoms with Crippen LogP contribution in [0.25, 0.3) is 5.69 Å². The van der Waals surface area contributed by atoms with Gasteiger partial charge < -0.3 is 9.88 Å². The van der Waals surface area contributed by atoms with E-state index in [2.05, 4.69) is 27.4 Å². The van der Waals surface area contributed by atoms with E-state index in [-0.39, 0.29) is 0 Å². The number of thiocarbonyl (C=S) groups is 1. The molecule has 0 amide bonds. The fourth-order valence-corrected chi connectivity index (χ4v) is 1.82. The van der Waals surface area contributed by atoms with Gasteiger partial charge in [-0.3, -0.25) is 5.43 Å². The average Bonchev–Trinajstić information content (AvgIpc) is 3.05. The Hall–Kier alpha value is -2.47. The zero-order valence-electron chi connectivity index (χ0n) is 11.8. The van der Waals surface area contributed by atoms with Gasteiger partial charge in [-0.2, -0.15) is 5.10 Å². The lowest BCUT2D eigenvalue weighted by Crippen LogP contribution is -2.32. The van der Waals surface area contributed by atoms with Crippen LogP contribution in [0.1, 0.15) is 12.5 Å². The second-order valence-corrected chi connectivity index (χ2v) is 4.73. The number of hydrogen-bond donors (Lipinski definition) is 2. The van der Waals surface area contributed by atoms with E-state index in [1.807, 2.05) is 42.0 Å². The normalized spacial score (nSPS) is 11.0. The lowest BCUT2D eigenvalue weighted by Gasteiger charge is -2.07. The zero-order chi connectivity index (χ0) is 15.1. The molecule has 0 spiro atoms. The number of imidazole rings is 1. The second kappa shape index (κ2) is 7.35. The molecule has 0 fully saturated rings. The first-order chi connectivity index (χ1) is 10.2. The van der Waals surface area contributed by atoms with Crippen molar-refractivity contribution in [1.29, 1.82) is 0 Å². The van der Waals surface area contributed by atoms with Crippen molar-refractivity contribution in [2.24, 2.45) is 5.10 Å². The summed E-state index contributed by atoms with van der Waals surface area (Å²) in [5.41, 5.74) is 5.74. The van der Waals surface area contributed by atoms with E-state index in [1.54, 1.807) is 18.6 Å². The van der Waals surface area contributed by atoms with E-state index in [0.29, 0.717) is 11.7 Å². The van der Waals surface area contributed by atoms with E-state index in [1.165, 1.54) is 0 Å². The molecule has 0 aliphatic rings. The third-order valence-electron chi connectivity index (χ3n) is 2.82. The fraction of sp³-hybridized carbons (Fsp3) is 0.133.